The van der Waals surface area contributed by atoms with E-state index in [1.165, 1.54) is 55.2 Å². The van der Waals surface area contributed by atoms with Crippen LogP contribution in [0.1, 0.15) is 86.7 Å². The van der Waals surface area contributed by atoms with E-state index in [1.807, 2.05) is 36.4 Å². The number of ether oxygens (including phenoxy) is 1. The van der Waals surface area contributed by atoms with E-state index in [-0.39, 0.29) is 5.97 Å². The molecule has 1 aliphatic carbocycles. The molecule has 0 aliphatic heterocycles. The van der Waals surface area contributed by atoms with Gasteiger partial charge in [-0.1, -0.05) is 69.9 Å². The lowest BCUT2D eigenvalue weighted by Gasteiger charge is -2.18. The number of carbonyl (C=O) groups excluding carboxylic acids is 1. The van der Waals surface area contributed by atoms with Crippen LogP contribution in [-0.4, -0.2) is 5.97 Å². The summed E-state index contributed by atoms with van der Waals surface area (Å²) in [5, 5.41) is 0. The van der Waals surface area contributed by atoms with E-state index in [9.17, 15) is 4.79 Å². The number of aryl methyl sites for hydroxylation is 1. The minimum atomic E-state index is -0.296. The van der Waals surface area contributed by atoms with E-state index >= 15 is 0 Å². The second kappa shape index (κ2) is 11.0. The van der Waals surface area contributed by atoms with Gasteiger partial charge in [0, 0.05) is 0 Å². The fourth-order valence-electron chi connectivity index (χ4n) is 3.87. The maximum absolute atomic E-state index is 12.5. The zero-order chi connectivity index (χ0) is 20.5. The molecule has 0 radical (unpaired) electrons. The molecule has 154 valence electrons. The monoisotopic (exact) mass is 390 g/mol. The molecule has 1 atom stereocenters. The third-order valence-corrected chi connectivity index (χ3v) is 5.87. The minimum Gasteiger partial charge on any atom is -0.423 e. The number of allylic oxidation sites excluding steroid dienone is 2. The van der Waals surface area contributed by atoms with Gasteiger partial charge in [0.2, 0.25) is 0 Å². The van der Waals surface area contributed by atoms with E-state index in [1.54, 1.807) is 0 Å². The van der Waals surface area contributed by atoms with Crippen LogP contribution in [0.25, 0.3) is 5.57 Å². The van der Waals surface area contributed by atoms with Crippen molar-refractivity contribution >= 4 is 11.5 Å². The number of benzene rings is 2. The molecule has 0 N–H and O–H groups in total. The van der Waals surface area contributed by atoms with Crippen LogP contribution >= 0.6 is 0 Å². The third-order valence-electron chi connectivity index (χ3n) is 5.87. The number of hydrogen-bond donors (Lipinski definition) is 0. The molecule has 1 aliphatic rings. The van der Waals surface area contributed by atoms with Gasteiger partial charge in [0.15, 0.2) is 0 Å². The fraction of sp³-hybridized carbons (Fsp3) is 0.444. The smallest absolute Gasteiger partial charge is 0.343 e. The Hall–Kier alpha value is -2.35. The van der Waals surface area contributed by atoms with Crippen molar-refractivity contribution in [3.05, 3.63) is 71.3 Å². The highest BCUT2D eigenvalue weighted by Crippen LogP contribution is 2.30. The Morgan fingerprint density at radius 2 is 1.69 bits per heavy atom. The number of carbonyl (C=O) groups is 1. The molecule has 1 unspecified atom stereocenters. The highest BCUT2D eigenvalue weighted by atomic mass is 16.5. The molecule has 2 aromatic carbocycles. The maximum Gasteiger partial charge on any atom is 0.343 e. The Bertz CT molecular complexity index is 799. The van der Waals surface area contributed by atoms with Crippen LogP contribution in [-0.2, 0) is 6.42 Å². The number of unbranched alkanes of at least 4 members (excludes halogenated alkanes) is 4. The van der Waals surface area contributed by atoms with Gasteiger partial charge < -0.3 is 4.74 Å². The van der Waals surface area contributed by atoms with Crippen LogP contribution in [0.15, 0.2) is 54.6 Å². The van der Waals surface area contributed by atoms with Crippen molar-refractivity contribution in [3.8, 4) is 5.75 Å². The first-order valence-corrected chi connectivity index (χ1v) is 11.3. The zero-order valence-corrected chi connectivity index (χ0v) is 18.0. The molecule has 0 heterocycles. The first-order chi connectivity index (χ1) is 14.2. The van der Waals surface area contributed by atoms with Crippen molar-refractivity contribution in [2.75, 3.05) is 0 Å². The molecular formula is C27H34O2. The summed E-state index contributed by atoms with van der Waals surface area (Å²) in [6, 6.07) is 15.8. The van der Waals surface area contributed by atoms with Gasteiger partial charge in [-0.2, -0.15) is 0 Å². The lowest BCUT2D eigenvalue weighted by molar-refractivity contribution is 0.0734. The van der Waals surface area contributed by atoms with E-state index in [0.29, 0.717) is 11.3 Å². The van der Waals surface area contributed by atoms with E-state index in [0.717, 1.165) is 25.2 Å². The molecule has 0 amide bonds. The molecule has 2 aromatic rings. The van der Waals surface area contributed by atoms with Crippen LogP contribution in [0.5, 0.6) is 5.75 Å². The van der Waals surface area contributed by atoms with Gasteiger partial charge >= 0.3 is 5.97 Å². The Morgan fingerprint density at radius 3 is 2.34 bits per heavy atom. The lowest BCUT2D eigenvalue weighted by Crippen LogP contribution is -2.08. The SMILES string of the molecule is CCCCCCCc1ccc(OC(=O)c2ccc(C3=CCC(C)CC3)cc2)cc1. The second-order valence-electron chi connectivity index (χ2n) is 8.38. The van der Waals surface area contributed by atoms with Crippen molar-refractivity contribution < 1.29 is 9.53 Å². The first-order valence-electron chi connectivity index (χ1n) is 11.3. The summed E-state index contributed by atoms with van der Waals surface area (Å²) >= 11 is 0. The molecule has 3 rings (SSSR count). The summed E-state index contributed by atoms with van der Waals surface area (Å²) in [6.45, 7) is 4.54. The predicted molar refractivity (Wildman–Crippen MR) is 121 cm³/mol. The number of esters is 1. The van der Waals surface area contributed by atoms with Crippen LogP contribution in [0.2, 0.25) is 0 Å². The molecule has 2 nitrogen and oxygen atoms in total. The molecule has 0 spiro atoms. The van der Waals surface area contributed by atoms with E-state index < -0.39 is 0 Å². The highest BCUT2D eigenvalue weighted by Gasteiger charge is 2.13. The van der Waals surface area contributed by atoms with Gasteiger partial charge in [0.1, 0.15) is 5.75 Å². The average molecular weight is 391 g/mol. The largest absolute Gasteiger partial charge is 0.423 e. The van der Waals surface area contributed by atoms with Gasteiger partial charge in [0.05, 0.1) is 5.56 Å². The summed E-state index contributed by atoms with van der Waals surface area (Å²) < 4.78 is 5.56. The second-order valence-corrected chi connectivity index (χ2v) is 8.38. The lowest BCUT2D eigenvalue weighted by atomic mass is 9.87. The maximum atomic E-state index is 12.5. The Balaban J connectivity index is 1.51. The molecule has 0 bridgehead atoms. The summed E-state index contributed by atoms with van der Waals surface area (Å²) in [7, 11) is 0. The predicted octanol–water partition coefficient (Wildman–Crippen LogP) is 7.62. The Morgan fingerprint density at radius 1 is 0.966 bits per heavy atom. The van der Waals surface area contributed by atoms with Gasteiger partial charge in [-0.25, -0.2) is 4.79 Å². The first kappa shape index (κ1) is 21.4. The standard InChI is InChI=1S/C27H34O2/c1-3-4-5-6-7-8-22-11-19-26(20-12-22)29-27(28)25-17-15-24(16-18-25)23-13-9-21(2)10-14-23/h11-13,15-21H,3-10,14H2,1-2H3. The van der Waals surface area contributed by atoms with Crippen molar-refractivity contribution in [2.45, 2.75) is 71.6 Å². The fourth-order valence-corrected chi connectivity index (χ4v) is 3.87. The summed E-state index contributed by atoms with van der Waals surface area (Å²) in [5.74, 6) is 1.09. The van der Waals surface area contributed by atoms with Crippen LogP contribution < -0.4 is 4.74 Å². The Kier molecular flexibility index (Phi) is 8.10. The van der Waals surface area contributed by atoms with Gasteiger partial charge in [-0.3, -0.25) is 0 Å². The van der Waals surface area contributed by atoms with Crippen molar-refractivity contribution in [2.24, 2.45) is 5.92 Å². The van der Waals surface area contributed by atoms with Crippen molar-refractivity contribution in [1.82, 2.24) is 0 Å². The van der Waals surface area contributed by atoms with Crippen molar-refractivity contribution in [3.63, 3.8) is 0 Å². The molecule has 0 saturated heterocycles. The van der Waals surface area contributed by atoms with Crippen LogP contribution in [0, 0.1) is 5.92 Å². The van der Waals surface area contributed by atoms with Gasteiger partial charge in [0.25, 0.3) is 0 Å². The van der Waals surface area contributed by atoms with Crippen LogP contribution in [0.4, 0.5) is 0 Å². The zero-order valence-electron chi connectivity index (χ0n) is 18.0. The molecule has 29 heavy (non-hydrogen) atoms. The summed E-state index contributed by atoms with van der Waals surface area (Å²) in [6.07, 6.45) is 13.4. The number of rotatable bonds is 9. The molecule has 0 saturated carbocycles. The van der Waals surface area contributed by atoms with Gasteiger partial charge in [-0.05, 0) is 79.0 Å². The van der Waals surface area contributed by atoms with E-state index in [2.05, 4.69) is 32.1 Å². The summed E-state index contributed by atoms with van der Waals surface area (Å²) in [5.41, 5.74) is 4.52. The normalized spacial score (nSPS) is 16.3. The van der Waals surface area contributed by atoms with Crippen LogP contribution in [0.3, 0.4) is 0 Å². The molecule has 0 aromatic heterocycles. The van der Waals surface area contributed by atoms with E-state index in [4.69, 9.17) is 4.74 Å². The highest BCUT2D eigenvalue weighted by molar-refractivity contribution is 5.91. The topological polar surface area (TPSA) is 26.3 Å². The molecular weight excluding hydrogens is 356 g/mol. The average Bonchev–Trinajstić information content (AvgIpc) is 2.75. The molecule has 2 heteroatoms. The molecule has 0 fully saturated rings. The summed E-state index contributed by atoms with van der Waals surface area (Å²) in [4.78, 5) is 12.5. The number of hydrogen-bond acceptors (Lipinski definition) is 2. The third kappa shape index (κ3) is 6.59. The quantitative estimate of drug-likeness (QED) is 0.250. The van der Waals surface area contributed by atoms with Crippen molar-refractivity contribution in [1.29, 1.82) is 0 Å². The minimum absolute atomic E-state index is 0.296. The Labute approximate surface area is 176 Å². The van der Waals surface area contributed by atoms with Gasteiger partial charge in [-0.15, -0.1) is 0 Å².